The summed E-state index contributed by atoms with van der Waals surface area (Å²) < 4.78 is 0. The Morgan fingerprint density at radius 3 is 2.76 bits per heavy atom. The Labute approximate surface area is 146 Å². The lowest BCUT2D eigenvalue weighted by atomic mass is 10.0. The highest BCUT2D eigenvalue weighted by Crippen LogP contribution is 2.40. The molecule has 4 rings (SSSR count). The van der Waals surface area contributed by atoms with Crippen molar-refractivity contribution in [3.63, 3.8) is 0 Å². The van der Waals surface area contributed by atoms with Crippen LogP contribution >= 0.6 is 0 Å². The number of nitrogens with zero attached hydrogens (tertiary/aromatic N) is 3. The fraction of sp³-hybridized carbons (Fsp3) is 0.421. The minimum absolute atomic E-state index is 0.105. The summed E-state index contributed by atoms with van der Waals surface area (Å²) in [5.41, 5.74) is 2.30. The fourth-order valence-electron chi connectivity index (χ4n) is 3.34. The van der Waals surface area contributed by atoms with Crippen molar-refractivity contribution in [1.82, 2.24) is 15.5 Å². The van der Waals surface area contributed by atoms with Gasteiger partial charge in [-0.2, -0.15) is 10.4 Å². The van der Waals surface area contributed by atoms with E-state index < -0.39 is 0 Å². The smallest absolute Gasteiger partial charge is 0.251 e. The largest absolute Gasteiger partial charge is 0.355 e. The van der Waals surface area contributed by atoms with Crippen molar-refractivity contribution < 1.29 is 4.79 Å². The molecule has 6 nitrogen and oxygen atoms in total. The number of hydrogen-bond donors (Lipinski definition) is 2. The maximum absolute atomic E-state index is 12.4. The molecule has 0 radical (unpaired) electrons. The average Bonchev–Trinajstić information content (AvgIpc) is 3.39. The topological polar surface area (TPSA) is 84.8 Å². The summed E-state index contributed by atoms with van der Waals surface area (Å²) in [7, 11) is 0. The maximum Gasteiger partial charge on any atom is 0.251 e. The number of amides is 1. The summed E-state index contributed by atoms with van der Waals surface area (Å²) in [5.74, 6) is 1.60. The molecule has 0 bridgehead atoms. The lowest BCUT2D eigenvalue weighted by Crippen LogP contribution is -2.44. The number of carbonyl (C=O) groups excluding carboxylic acids is 1. The highest BCUT2D eigenvalue weighted by Gasteiger charge is 2.27. The number of H-pyrrole nitrogens is 1. The Bertz CT molecular complexity index is 809. The van der Waals surface area contributed by atoms with Gasteiger partial charge in [-0.15, -0.1) is 0 Å². The molecular weight excluding hydrogens is 314 g/mol. The summed E-state index contributed by atoms with van der Waals surface area (Å²) in [6, 6.07) is 11.2. The SMILES string of the molecule is N#Cc1cccc(C(=O)NC2CCN(c3cc(C4CC4)[nH]n3)CC2)c1. The Kier molecular flexibility index (Phi) is 4.14. The number of piperidine rings is 1. The van der Waals surface area contributed by atoms with Gasteiger partial charge in [0.15, 0.2) is 5.82 Å². The number of nitrogens with one attached hydrogen (secondary N) is 2. The van der Waals surface area contributed by atoms with Gasteiger partial charge in [-0.1, -0.05) is 6.07 Å². The second-order valence-corrected chi connectivity index (χ2v) is 6.88. The van der Waals surface area contributed by atoms with Crippen molar-refractivity contribution >= 4 is 11.7 Å². The van der Waals surface area contributed by atoms with Crippen LogP contribution < -0.4 is 10.2 Å². The molecule has 1 amide bonds. The van der Waals surface area contributed by atoms with E-state index in [0.29, 0.717) is 17.0 Å². The maximum atomic E-state index is 12.4. The zero-order valence-corrected chi connectivity index (χ0v) is 14.0. The molecule has 0 spiro atoms. The molecule has 0 atom stereocenters. The molecule has 0 unspecified atom stereocenters. The standard InChI is InChI=1S/C19H21N5O/c20-12-13-2-1-3-15(10-13)19(25)21-16-6-8-24(9-7-16)18-11-17(22-23-18)14-4-5-14/h1-3,10-11,14,16H,4-9H2,(H,21,25)(H,22,23). The van der Waals surface area contributed by atoms with Gasteiger partial charge in [0, 0.05) is 42.4 Å². The predicted molar refractivity (Wildman–Crippen MR) is 94.4 cm³/mol. The van der Waals surface area contributed by atoms with E-state index in [1.807, 2.05) is 0 Å². The lowest BCUT2D eigenvalue weighted by Gasteiger charge is -2.32. The van der Waals surface area contributed by atoms with Crippen molar-refractivity contribution in [1.29, 1.82) is 5.26 Å². The van der Waals surface area contributed by atoms with E-state index >= 15 is 0 Å². The van der Waals surface area contributed by atoms with Gasteiger partial charge in [-0.25, -0.2) is 0 Å². The quantitative estimate of drug-likeness (QED) is 0.899. The van der Waals surface area contributed by atoms with Gasteiger partial charge in [0.05, 0.1) is 11.6 Å². The molecular formula is C19H21N5O. The van der Waals surface area contributed by atoms with Crippen molar-refractivity contribution in [3.05, 3.63) is 47.2 Å². The van der Waals surface area contributed by atoms with Gasteiger partial charge in [0.1, 0.15) is 0 Å². The van der Waals surface area contributed by atoms with Gasteiger partial charge in [-0.3, -0.25) is 9.89 Å². The van der Waals surface area contributed by atoms with E-state index in [1.165, 1.54) is 18.5 Å². The molecule has 25 heavy (non-hydrogen) atoms. The van der Waals surface area contributed by atoms with Crippen molar-refractivity contribution in [2.75, 3.05) is 18.0 Å². The molecule has 2 aliphatic rings. The number of aromatic amines is 1. The van der Waals surface area contributed by atoms with Crippen molar-refractivity contribution in [2.45, 2.75) is 37.6 Å². The van der Waals surface area contributed by atoms with E-state index in [2.05, 4.69) is 32.5 Å². The molecule has 2 heterocycles. The van der Waals surface area contributed by atoms with Gasteiger partial charge in [0.2, 0.25) is 0 Å². The van der Waals surface area contributed by atoms with Crippen LogP contribution in [0.4, 0.5) is 5.82 Å². The van der Waals surface area contributed by atoms with E-state index in [0.717, 1.165) is 31.7 Å². The molecule has 6 heteroatoms. The first-order valence-corrected chi connectivity index (χ1v) is 8.84. The number of aromatic nitrogens is 2. The van der Waals surface area contributed by atoms with Crippen LogP contribution in [-0.4, -0.2) is 35.2 Å². The molecule has 2 N–H and O–H groups in total. The minimum Gasteiger partial charge on any atom is -0.355 e. The molecule has 1 aromatic heterocycles. The summed E-state index contributed by atoms with van der Waals surface area (Å²) in [6.07, 6.45) is 4.33. The van der Waals surface area contributed by atoms with Gasteiger partial charge < -0.3 is 10.2 Å². The first-order chi connectivity index (χ1) is 12.2. The normalized spacial score (nSPS) is 18.0. The molecule has 1 aliphatic carbocycles. The van der Waals surface area contributed by atoms with Crippen molar-refractivity contribution in [3.8, 4) is 6.07 Å². The fourth-order valence-corrected chi connectivity index (χ4v) is 3.34. The third kappa shape index (κ3) is 3.50. The number of nitriles is 1. The van der Waals surface area contributed by atoms with Crippen LogP contribution in [0.25, 0.3) is 0 Å². The average molecular weight is 335 g/mol. The van der Waals surface area contributed by atoms with Crippen LogP contribution in [0.3, 0.4) is 0 Å². The van der Waals surface area contributed by atoms with Crippen LogP contribution in [0, 0.1) is 11.3 Å². The lowest BCUT2D eigenvalue weighted by molar-refractivity contribution is 0.0931. The summed E-state index contributed by atoms with van der Waals surface area (Å²) >= 11 is 0. The highest BCUT2D eigenvalue weighted by molar-refractivity contribution is 5.94. The third-order valence-electron chi connectivity index (χ3n) is 5.01. The number of carbonyl (C=O) groups is 1. The number of benzene rings is 1. The Hall–Kier alpha value is -2.81. The molecule has 2 fully saturated rings. The van der Waals surface area contributed by atoms with Crippen LogP contribution in [0.5, 0.6) is 0 Å². The van der Waals surface area contributed by atoms with E-state index in [1.54, 1.807) is 24.3 Å². The van der Waals surface area contributed by atoms with Gasteiger partial charge in [-0.05, 0) is 43.9 Å². The van der Waals surface area contributed by atoms with E-state index in [9.17, 15) is 4.79 Å². The molecule has 1 saturated heterocycles. The summed E-state index contributed by atoms with van der Waals surface area (Å²) in [4.78, 5) is 14.6. The minimum atomic E-state index is -0.105. The Morgan fingerprint density at radius 2 is 2.04 bits per heavy atom. The van der Waals surface area contributed by atoms with Crippen LogP contribution in [0.1, 0.15) is 53.2 Å². The first-order valence-electron chi connectivity index (χ1n) is 8.84. The zero-order valence-electron chi connectivity index (χ0n) is 14.0. The monoisotopic (exact) mass is 335 g/mol. The van der Waals surface area contributed by atoms with Crippen LogP contribution in [0.15, 0.2) is 30.3 Å². The summed E-state index contributed by atoms with van der Waals surface area (Å²) in [6.45, 7) is 1.77. The van der Waals surface area contributed by atoms with Gasteiger partial charge in [0.25, 0.3) is 5.91 Å². The number of anilines is 1. The predicted octanol–water partition coefficient (Wildman–Crippen LogP) is 2.56. The van der Waals surface area contributed by atoms with Gasteiger partial charge >= 0.3 is 0 Å². The molecule has 1 saturated carbocycles. The van der Waals surface area contributed by atoms with Crippen LogP contribution in [-0.2, 0) is 0 Å². The number of rotatable bonds is 4. The highest BCUT2D eigenvalue weighted by atomic mass is 16.1. The first kappa shape index (κ1) is 15.7. The Balaban J connectivity index is 1.32. The second kappa shape index (κ2) is 6.60. The molecule has 2 aromatic rings. The molecule has 1 aromatic carbocycles. The zero-order chi connectivity index (χ0) is 17.2. The van der Waals surface area contributed by atoms with Crippen LogP contribution in [0.2, 0.25) is 0 Å². The number of hydrogen-bond acceptors (Lipinski definition) is 4. The van der Waals surface area contributed by atoms with E-state index in [4.69, 9.17) is 5.26 Å². The molecule has 128 valence electrons. The second-order valence-electron chi connectivity index (χ2n) is 6.88. The molecule has 1 aliphatic heterocycles. The van der Waals surface area contributed by atoms with E-state index in [-0.39, 0.29) is 11.9 Å². The third-order valence-corrected chi connectivity index (χ3v) is 5.01. The van der Waals surface area contributed by atoms with Crippen molar-refractivity contribution in [2.24, 2.45) is 0 Å². The Morgan fingerprint density at radius 1 is 1.24 bits per heavy atom. The summed E-state index contributed by atoms with van der Waals surface area (Å²) in [5, 5.41) is 19.6.